The van der Waals surface area contributed by atoms with Crippen molar-refractivity contribution in [1.82, 2.24) is 9.88 Å². The highest BCUT2D eigenvalue weighted by Crippen LogP contribution is 2.33. The number of anilines is 1. The van der Waals surface area contributed by atoms with Crippen LogP contribution in [0.4, 0.5) is 5.82 Å². The molecule has 3 heteroatoms. The zero-order chi connectivity index (χ0) is 13.9. The molecule has 2 fully saturated rings. The van der Waals surface area contributed by atoms with E-state index in [2.05, 4.69) is 35.9 Å². The summed E-state index contributed by atoms with van der Waals surface area (Å²) >= 11 is 0. The van der Waals surface area contributed by atoms with E-state index in [0.29, 0.717) is 6.04 Å². The van der Waals surface area contributed by atoms with E-state index >= 15 is 0 Å². The molecule has 20 heavy (non-hydrogen) atoms. The summed E-state index contributed by atoms with van der Waals surface area (Å²) in [4.78, 5) is 9.87. The van der Waals surface area contributed by atoms with E-state index in [1.165, 1.54) is 75.2 Å². The van der Waals surface area contributed by atoms with Crippen molar-refractivity contribution < 1.29 is 0 Å². The van der Waals surface area contributed by atoms with Gasteiger partial charge in [0.15, 0.2) is 0 Å². The molecule has 2 aliphatic heterocycles. The lowest BCUT2D eigenvalue weighted by atomic mass is 10.0. The number of aryl methyl sites for hydroxylation is 1. The summed E-state index contributed by atoms with van der Waals surface area (Å²) in [5.41, 5.74) is 2.78. The minimum Gasteiger partial charge on any atom is -0.356 e. The van der Waals surface area contributed by atoms with Gasteiger partial charge in [0.1, 0.15) is 5.82 Å². The van der Waals surface area contributed by atoms with Crippen molar-refractivity contribution in [2.75, 3.05) is 31.1 Å². The van der Waals surface area contributed by atoms with Gasteiger partial charge >= 0.3 is 0 Å². The smallest absolute Gasteiger partial charge is 0.131 e. The molecule has 2 aliphatic rings. The summed E-state index contributed by atoms with van der Waals surface area (Å²) in [6.07, 6.45) is 8.64. The van der Waals surface area contributed by atoms with E-state index < -0.39 is 0 Å². The first-order chi connectivity index (χ1) is 9.79. The van der Waals surface area contributed by atoms with Crippen molar-refractivity contribution in [1.29, 1.82) is 0 Å². The fourth-order valence-electron chi connectivity index (χ4n) is 3.79. The summed E-state index contributed by atoms with van der Waals surface area (Å²) in [5.74, 6) is 1.21. The van der Waals surface area contributed by atoms with Crippen LogP contribution in [0.25, 0.3) is 0 Å². The monoisotopic (exact) mass is 273 g/mol. The van der Waals surface area contributed by atoms with Crippen molar-refractivity contribution in [3.63, 3.8) is 0 Å². The van der Waals surface area contributed by atoms with Gasteiger partial charge in [0, 0.05) is 25.3 Å². The molecule has 2 saturated heterocycles. The maximum Gasteiger partial charge on any atom is 0.131 e. The van der Waals surface area contributed by atoms with Crippen LogP contribution in [0.3, 0.4) is 0 Å². The predicted molar refractivity (Wildman–Crippen MR) is 84.3 cm³/mol. The van der Waals surface area contributed by atoms with Gasteiger partial charge in [-0.25, -0.2) is 4.98 Å². The molecule has 1 atom stereocenters. The molecule has 110 valence electrons. The second kappa shape index (κ2) is 6.13. The van der Waals surface area contributed by atoms with Crippen LogP contribution in [0.15, 0.2) is 12.3 Å². The molecular weight excluding hydrogens is 246 g/mol. The number of aromatic nitrogens is 1. The first-order valence-electron chi connectivity index (χ1n) is 8.25. The second-order valence-electron chi connectivity index (χ2n) is 6.30. The van der Waals surface area contributed by atoms with Gasteiger partial charge in [-0.15, -0.1) is 0 Å². The van der Waals surface area contributed by atoms with E-state index in [1.54, 1.807) is 0 Å². The van der Waals surface area contributed by atoms with E-state index in [0.717, 1.165) is 0 Å². The maximum absolute atomic E-state index is 4.80. The van der Waals surface area contributed by atoms with Crippen molar-refractivity contribution >= 4 is 5.82 Å². The molecule has 0 N–H and O–H groups in total. The fourth-order valence-corrected chi connectivity index (χ4v) is 3.79. The van der Waals surface area contributed by atoms with Crippen LogP contribution >= 0.6 is 0 Å². The number of hydrogen-bond donors (Lipinski definition) is 0. The van der Waals surface area contributed by atoms with Crippen LogP contribution in [0.2, 0.25) is 0 Å². The van der Waals surface area contributed by atoms with Crippen LogP contribution < -0.4 is 4.90 Å². The van der Waals surface area contributed by atoms with Crippen molar-refractivity contribution in [3.8, 4) is 0 Å². The second-order valence-corrected chi connectivity index (χ2v) is 6.30. The van der Waals surface area contributed by atoms with E-state index in [-0.39, 0.29) is 0 Å². The lowest BCUT2D eigenvalue weighted by Gasteiger charge is -2.25. The van der Waals surface area contributed by atoms with Crippen LogP contribution in [-0.4, -0.2) is 36.1 Å². The average molecular weight is 273 g/mol. The normalized spacial score (nSPS) is 23.7. The minimum absolute atomic E-state index is 0.605. The van der Waals surface area contributed by atoms with Gasteiger partial charge in [0.2, 0.25) is 0 Å². The Balaban J connectivity index is 1.79. The number of likely N-dealkylation sites (tertiary alicyclic amines) is 1. The quantitative estimate of drug-likeness (QED) is 0.836. The molecule has 0 spiro atoms. The van der Waals surface area contributed by atoms with Crippen molar-refractivity contribution in [3.05, 3.63) is 23.4 Å². The third kappa shape index (κ3) is 2.69. The molecule has 0 aromatic carbocycles. The van der Waals surface area contributed by atoms with Gasteiger partial charge in [-0.2, -0.15) is 0 Å². The van der Waals surface area contributed by atoms with Crippen LogP contribution in [-0.2, 0) is 0 Å². The molecule has 0 saturated carbocycles. The van der Waals surface area contributed by atoms with Crippen LogP contribution in [0.5, 0.6) is 0 Å². The molecule has 0 bridgehead atoms. The zero-order valence-electron chi connectivity index (χ0n) is 12.9. The molecule has 3 nitrogen and oxygen atoms in total. The number of hydrogen-bond acceptors (Lipinski definition) is 3. The highest BCUT2D eigenvalue weighted by Gasteiger charge is 2.26. The van der Waals surface area contributed by atoms with Crippen LogP contribution in [0, 0.1) is 6.92 Å². The number of pyridine rings is 1. The Kier molecular flexibility index (Phi) is 4.25. The minimum atomic E-state index is 0.605. The standard InChI is InChI=1S/C17H27N3/c1-3-8-19-11-6-7-16(19)15-12-14(2)17(18-13-15)20-9-4-5-10-20/h12-13,16H,3-11H2,1-2H3/t16-/m0/s1. The van der Waals surface area contributed by atoms with E-state index in [4.69, 9.17) is 4.98 Å². The predicted octanol–water partition coefficient (Wildman–Crippen LogP) is 3.54. The van der Waals surface area contributed by atoms with E-state index in [1.807, 2.05) is 0 Å². The highest BCUT2D eigenvalue weighted by atomic mass is 15.2. The molecule has 0 amide bonds. The summed E-state index contributed by atoms with van der Waals surface area (Å²) in [6, 6.07) is 2.99. The third-order valence-electron chi connectivity index (χ3n) is 4.74. The van der Waals surface area contributed by atoms with Gasteiger partial charge in [-0.05, 0) is 69.3 Å². The molecule has 3 heterocycles. The molecule has 0 aliphatic carbocycles. The van der Waals surface area contributed by atoms with E-state index in [9.17, 15) is 0 Å². The summed E-state index contributed by atoms with van der Waals surface area (Å²) < 4.78 is 0. The number of nitrogens with zero attached hydrogens (tertiary/aromatic N) is 3. The molecule has 0 unspecified atom stereocenters. The Hall–Kier alpha value is -1.09. The largest absolute Gasteiger partial charge is 0.356 e. The van der Waals surface area contributed by atoms with Crippen LogP contribution in [0.1, 0.15) is 56.2 Å². The molecule has 3 rings (SSSR count). The van der Waals surface area contributed by atoms with Gasteiger partial charge in [0.05, 0.1) is 0 Å². The molecular formula is C17H27N3. The third-order valence-corrected chi connectivity index (χ3v) is 4.74. The Labute approximate surface area is 123 Å². The van der Waals surface area contributed by atoms with Crippen molar-refractivity contribution in [2.24, 2.45) is 0 Å². The highest BCUT2D eigenvalue weighted by molar-refractivity contribution is 5.48. The Bertz CT molecular complexity index is 452. The van der Waals surface area contributed by atoms with Gasteiger partial charge in [0.25, 0.3) is 0 Å². The Morgan fingerprint density at radius 2 is 2.00 bits per heavy atom. The van der Waals surface area contributed by atoms with Gasteiger partial charge in [-0.1, -0.05) is 6.92 Å². The molecule has 0 radical (unpaired) electrons. The summed E-state index contributed by atoms with van der Waals surface area (Å²) in [7, 11) is 0. The first kappa shape index (κ1) is 13.9. The lowest BCUT2D eigenvalue weighted by molar-refractivity contribution is 0.257. The Morgan fingerprint density at radius 1 is 1.20 bits per heavy atom. The maximum atomic E-state index is 4.80. The topological polar surface area (TPSA) is 19.4 Å². The zero-order valence-corrected chi connectivity index (χ0v) is 12.9. The molecule has 1 aromatic heterocycles. The number of rotatable bonds is 4. The first-order valence-corrected chi connectivity index (χ1v) is 8.25. The molecule has 1 aromatic rings. The Morgan fingerprint density at radius 3 is 2.70 bits per heavy atom. The van der Waals surface area contributed by atoms with Gasteiger partial charge in [-0.3, -0.25) is 4.90 Å². The SMILES string of the molecule is CCCN1CCC[C@H]1c1cnc(N2CCCC2)c(C)c1. The summed E-state index contributed by atoms with van der Waals surface area (Å²) in [5, 5.41) is 0. The summed E-state index contributed by atoms with van der Waals surface area (Å²) in [6.45, 7) is 9.33. The van der Waals surface area contributed by atoms with Gasteiger partial charge < -0.3 is 4.90 Å². The lowest BCUT2D eigenvalue weighted by Crippen LogP contribution is -2.25. The van der Waals surface area contributed by atoms with Crippen molar-refractivity contribution in [2.45, 2.75) is 52.0 Å². The fraction of sp³-hybridized carbons (Fsp3) is 0.706. The average Bonchev–Trinajstić information content (AvgIpc) is 3.09.